The van der Waals surface area contributed by atoms with Crippen molar-refractivity contribution in [2.75, 3.05) is 13.2 Å². The van der Waals surface area contributed by atoms with Gasteiger partial charge in [-0.05, 0) is 36.0 Å². The van der Waals surface area contributed by atoms with Crippen LogP contribution in [0.3, 0.4) is 0 Å². The number of hydrogen-bond acceptors (Lipinski definition) is 2. The van der Waals surface area contributed by atoms with Gasteiger partial charge in [-0.3, -0.25) is 0 Å². The van der Waals surface area contributed by atoms with Crippen LogP contribution in [0.4, 0.5) is 0 Å². The van der Waals surface area contributed by atoms with Crippen molar-refractivity contribution in [1.29, 1.82) is 0 Å². The molecule has 0 spiro atoms. The molecule has 0 aliphatic heterocycles. The summed E-state index contributed by atoms with van der Waals surface area (Å²) in [5.74, 6) is 0. The predicted molar refractivity (Wildman–Crippen MR) is 69.0 cm³/mol. The summed E-state index contributed by atoms with van der Waals surface area (Å²) in [4.78, 5) is 0. The van der Waals surface area contributed by atoms with Crippen LogP contribution in [0.15, 0.2) is 18.2 Å². The maximum absolute atomic E-state index is 9.14. The lowest BCUT2D eigenvalue weighted by molar-refractivity contribution is 0.0197. The minimum Gasteiger partial charge on any atom is -0.396 e. The average molecular weight is 234 g/mol. The normalized spacial score (nSPS) is 15.0. The number of aliphatic hydroxyl groups excluding tert-OH is 1. The van der Waals surface area contributed by atoms with E-state index in [1.165, 1.54) is 36.0 Å². The van der Waals surface area contributed by atoms with Gasteiger partial charge < -0.3 is 9.84 Å². The Kier molecular flexibility index (Phi) is 3.85. The van der Waals surface area contributed by atoms with E-state index < -0.39 is 0 Å². The van der Waals surface area contributed by atoms with Gasteiger partial charge in [-0.1, -0.05) is 32.0 Å². The van der Waals surface area contributed by atoms with Gasteiger partial charge in [0.05, 0.1) is 19.8 Å². The minimum atomic E-state index is -0.142. The first-order valence-corrected chi connectivity index (χ1v) is 6.40. The van der Waals surface area contributed by atoms with Crippen LogP contribution in [0.2, 0.25) is 0 Å². The molecule has 1 aromatic rings. The molecule has 0 saturated heterocycles. The molecule has 0 saturated carbocycles. The Balaban J connectivity index is 1.88. The molecule has 2 rings (SSSR count). The number of ether oxygens (including phenoxy) is 1. The number of fused-ring (bicyclic) bond motifs is 1. The van der Waals surface area contributed by atoms with Crippen LogP contribution in [-0.2, 0) is 24.2 Å². The summed E-state index contributed by atoms with van der Waals surface area (Å²) in [7, 11) is 0. The van der Waals surface area contributed by atoms with E-state index in [2.05, 4.69) is 18.2 Å². The fourth-order valence-electron chi connectivity index (χ4n) is 2.21. The van der Waals surface area contributed by atoms with Crippen LogP contribution in [0.5, 0.6) is 0 Å². The molecule has 1 N–H and O–H groups in total. The van der Waals surface area contributed by atoms with Crippen molar-refractivity contribution in [3.63, 3.8) is 0 Å². The molecule has 1 aliphatic rings. The fourth-order valence-corrected chi connectivity index (χ4v) is 2.21. The first-order chi connectivity index (χ1) is 8.11. The Morgan fingerprint density at radius 3 is 2.76 bits per heavy atom. The zero-order valence-electron chi connectivity index (χ0n) is 10.8. The van der Waals surface area contributed by atoms with Gasteiger partial charge in [0, 0.05) is 5.41 Å². The van der Waals surface area contributed by atoms with Crippen LogP contribution in [0.1, 0.15) is 37.0 Å². The number of rotatable bonds is 5. The highest BCUT2D eigenvalue weighted by atomic mass is 16.5. The molecule has 0 fully saturated rings. The summed E-state index contributed by atoms with van der Waals surface area (Å²) in [5, 5.41) is 9.14. The summed E-state index contributed by atoms with van der Waals surface area (Å²) in [6.45, 7) is 5.43. The van der Waals surface area contributed by atoms with E-state index in [4.69, 9.17) is 9.84 Å². The minimum absolute atomic E-state index is 0.142. The maximum Gasteiger partial charge on any atom is 0.0717 e. The molecule has 0 aromatic heterocycles. The summed E-state index contributed by atoms with van der Waals surface area (Å²) in [5.41, 5.74) is 4.10. The lowest BCUT2D eigenvalue weighted by Gasteiger charge is -2.21. The molecular formula is C15H22O2. The van der Waals surface area contributed by atoms with Crippen molar-refractivity contribution in [3.8, 4) is 0 Å². The lowest BCUT2D eigenvalue weighted by Crippen LogP contribution is -2.23. The smallest absolute Gasteiger partial charge is 0.0717 e. The van der Waals surface area contributed by atoms with E-state index in [1.807, 2.05) is 13.8 Å². The largest absolute Gasteiger partial charge is 0.396 e. The van der Waals surface area contributed by atoms with Crippen LogP contribution in [0, 0.1) is 5.41 Å². The molecule has 2 heteroatoms. The van der Waals surface area contributed by atoms with Crippen molar-refractivity contribution in [3.05, 3.63) is 34.9 Å². The molecule has 0 radical (unpaired) electrons. The van der Waals surface area contributed by atoms with Gasteiger partial charge in [0.25, 0.3) is 0 Å². The molecule has 94 valence electrons. The van der Waals surface area contributed by atoms with Crippen LogP contribution < -0.4 is 0 Å². The van der Waals surface area contributed by atoms with Crippen molar-refractivity contribution < 1.29 is 9.84 Å². The Morgan fingerprint density at radius 1 is 1.24 bits per heavy atom. The number of aliphatic hydroxyl groups is 1. The average Bonchev–Trinajstić information content (AvgIpc) is 2.76. The van der Waals surface area contributed by atoms with E-state index in [-0.39, 0.29) is 12.0 Å². The van der Waals surface area contributed by atoms with E-state index in [0.717, 1.165) is 0 Å². The Bertz CT molecular complexity index is 383. The Labute approximate surface area is 104 Å². The zero-order valence-corrected chi connectivity index (χ0v) is 10.8. The van der Waals surface area contributed by atoms with E-state index >= 15 is 0 Å². The lowest BCUT2D eigenvalue weighted by atomic mass is 9.96. The number of hydrogen-bond donors (Lipinski definition) is 1. The third-order valence-corrected chi connectivity index (χ3v) is 3.35. The van der Waals surface area contributed by atoms with E-state index in [0.29, 0.717) is 13.2 Å². The third-order valence-electron chi connectivity index (χ3n) is 3.35. The van der Waals surface area contributed by atoms with Gasteiger partial charge in [0.1, 0.15) is 0 Å². The summed E-state index contributed by atoms with van der Waals surface area (Å²) < 4.78 is 5.68. The van der Waals surface area contributed by atoms with Crippen LogP contribution in [0.25, 0.3) is 0 Å². The molecule has 0 unspecified atom stereocenters. The summed E-state index contributed by atoms with van der Waals surface area (Å²) in [6.07, 6.45) is 3.73. The Hall–Kier alpha value is -0.860. The molecule has 0 atom stereocenters. The highest BCUT2D eigenvalue weighted by molar-refractivity contribution is 5.34. The highest BCUT2D eigenvalue weighted by Gasteiger charge is 2.16. The van der Waals surface area contributed by atoms with E-state index in [9.17, 15) is 0 Å². The van der Waals surface area contributed by atoms with Crippen LogP contribution >= 0.6 is 0 Å². The molecule has 0 bridgehead atoms. The molecule has 1 aromatic carbocycles. The Morgan fingerprint density at radius 2 is 2.00 bits per heavy atom. The second-order valence-corrected chi connectivity index (χ2v) is 5.77. The van der Waals surface area contributed by atoms with Gasteiger partial charge in [0.2, 0.25) is 0 Å². The first kappa shape index (κ1) is 12.6. The predicted octanol–water partition coefficient (Wildman–Crippen LogP) is 2.71. The second-order valence-electron chi connectivity index (χ2n) is 5.77. The molecule has 0 amide bonds. The summed E-state index contributed by atoms with van der Waals surface area (Å²) in [6, 6.07) is 6.67. The first-order valence-electron chi connectivity index (χ1n) is 6.40. The van der Waals surface area contributed by atoms with Crippen molar-refractivity contribution in [2.24, 2.45) is 5.41 Å². The van der Waals surface area contributed by atoms with E-state index in [1.54, 1.807) is 0 Å². The fraction of sp³-hybridized carbons (Fsp3) is 0.600. The maximum atomic E-state index is 9.14. The van der Waals surface area contributed by atoms with Gasteiger partial charge in [-0.2, -0.15) is 0 Å². The monoisotopic (exact) mass is 234 g/mol. The molecule has 2 nitrogen and oxygen atoms in total. The molecule has 1 aliphatic carbocycles. The summed E-state index contributed by atoms with van der Waals surface area (Å²) >= 11 is 0. The van der Waals surface area contributed by atoms with Crippen molar-refractivity contribution in [2.45, 2.75) is 39.7 Å². The zero-order chi connectivity index (χ0) is 12.3. The second kappa shape index (κ2) is 5.19. The third kappa shape index (κ3) is 3.30. The van der Waals surface area contributed by atoms with Crippen molar-refractivity contribution in [1.82, 2.24) is 0 Å². The van der Waals surface area contributed by atoms with Gasteiger partial charge in [0.15, 0.2) is 0 Å². The molecule has 0 heterocycles. The number of benzene rings is 1. The highest BCUT2D eigenvalue weighted by Crippen LogP contribution is 2.23. The van der Waals surface area contributed by atoms with Gasteiger partial charge in [-0.15, -0.1) is 0 Å². The molecule has 17 heavy (non-hydrogen) atoms. The standard InChI is InChI=1S/C15H22O2/c1-15(2,10-16)11-17-9-12-6-7-13-4-3-5-14(13)8-12/h6-8,16H,3-5,9-11H2,1-2H3. The van der Waals surface area contributed by atoms with Crippen LogP contribution in [-0.4, -0.2) is 18.3 Å². The SMILES string of the molecule is CC(C)(CO)COCc1ccc2c(c1)CCC2. The van der Waals surface area contributed by atoms with Gasteiger partial charge >= 0.3 is 0 Å². The van der Waals surface area contributed by atoms with Crippen molar-refractivity contribution >= 4 is 0 Å². The quantitative estimate of drug-likeness (QED) is 0.849. The number of aryl methyl sites for hydroxylation is 2. The molecular weight excluding hydrogens is 212 g/mol. The topological polar surface area (TPSA) is 29.5 Å². The van der Waals surface area contributed by atoms with Gasteiger partial charge in [-0.25, -0.2) is 0 Å².